The second-order valence-electron chi connectivity index (χ2n) is 4.59. The second-order valence-corrected chi connectivity index (χ2v) is 4.59. The van der Waals surface area contributed by atoms with Crippen LogP contribution < -0.4 is 10.6 Å². The van der Waals surface area contributed by atoms with Crippen LogP contribution in [0.25, 0.3) is 0 Å². The Balaban J connectivity index is 2.04. The molecule has 2 N–H and O–H groups in total. The molecule has 1 aromatic carbocycles. The van der Waals surface area contributed by atoms with E-state index in [0.717, 1.165) is 13.0 Å². The quantitative estimate of drug-likeness (QED) is 0.877. The van der Waals surface area contributed by atoms with Gasteiger partial charge in [-0.25, -0.2) is 0 Å². The molecule has 2 aromatic rings. The number of hydrogen-bond donors (Lipinski definition) is 1. The molecule has 96 valence electrons. The maximum Gasteiger partial charge on any atom is 0.0952 e. The molecule has 1 aromatic heterocycles. The molecule has 0 aliphatic heterocycles. The van der Waals surface area contributed by atoms with Crippen molar-refractivity contribution in [2.24, 2.45) is 5.73 Å². The maximum absolute atomic E-state index is 6.00. The van der Waals surface area contributed by atoms with Crippen LogP contribution in [0.3, 0.4) is 0 Å². The lowest BCUT2D eigenvalue weighted by Gasteiger charge is -2.19. The molecule has 2 rings (SSSR count). The van der Waals surface area contributed by atoms with E-state index in [-0.39, 0.29) is 6.04 Å². The van der Waals surface area contributed by atoms with Gasteiger partial charge in [0.1, 0.15) is 0 Å². The van der Waals surface area contributed by atoms with Crippen LogP contribution >= 0.6 is 0 Å². The molecule has 0 saturated carbocycles. The molecule has 0 fully saturated rings. The molecule has 0 radical (unpaired) electrons. The number of nitrogens with zero attached hydrogens (tertiary/aromatic N) is 1. The topological polar surface area (TPSA) is 42.4 Å². The van der Waals surface area contributed by atoms with Crippen LogP contribution in [0.5, 0.6) is 0 Å². The molecule has 1 atom stereocenters. The fourth-order valence-electron chi connectivity index (χ4n) is 1.96. The Bertz CT molecular complexity index is 462. The van der Waals surface area contributed by atoms with Gasteiger partial charge in [0, 0.05) is 30.9 Å². The Labute approximate surface area is 108 Å². The Morgan fingerprint density at radius 3 is 2.50 bits per heavy atom. The van der Waals surface area contributed by atoms with Crippen molar-refractivity contribution in [3.05, 3.63) is 54.0 Å². The fraction of sp³-hybridized carbons (Fsp3) is 0.333. The number of hydrogen-bond acceptors (Lipinski definition) is 3. The summed E-state index contributed by atoms with van der Waals surface area (Å²) in [6, 6.07) is 10.6. The highest BCUT2D eigenvalue weighted by molar-refractivity contribution is 5.47. The standard InChI is InChI=1S/C15H20N2O/c1-3-15(16)13-4-6-14(7-5-13)17(2)10-12-8-9-18-11-12/h4-9,11,15H,3,10,16H2,1-2H3/t15-/m1/s1. The van der Waals surface area contributed by atoms with E-state index in [1.807, 2.05) is 6.07 Å². The van der Waals surface area contributed by atoms with Crippen LogP contribution in [0.15, 0.2) is 47.3 Å². The molecule has 0 bridgehead atoms. The fourth-order valence-corrected chi connectivity index (χ4v) is 1.96. The van der Waals surface area contributed by atoms with Gasteiger partial charge in [0.05, 0.1) is 12.5 Å². The lowest BCUT2D eigenvalue weighted by Crippen LogP contribution is -2.16. The number of anilines is 1. The summed E-state index contributed by atoms with van der Waals surface area (Å²) < 4.78 is 5.07. The zero-order chi connectivity index (χ0) is 13.0. The van der Waals surface area contributed by atoms with Gasteiger partial charge in [0.15, 0.2) is 0 Å². The molecule has 0 aliphatic rings. The van der Waals surface area contributed by atoms with Gasteiger partial charge in [-0.3, -0.25) is 0 Å². The summed E-state index contributed by atoms with van der Waals surface area (Å²) in [5, 5.41) is 0. The van der Waals surface area contributed by atoms with Gasteiger partial charge < -0.3 is 15.1 Å². The van der Waals surface area contributed by atoms with E-state index >= 15 is 0 Å². The number of benzene rings is 1. The molecular formula is C15H20N2O. The third-order valence-electron chi connectivity index (χ3n) is 3.20. The van der Waals surface area contributed by atoms with Crippen LogP contribution in [0.1, 0.15) is 30.5 Å². The SMILES string of the molecule is CC[C@@H](N)c1ccc(N(C)Cc2ccoc2)cc1. The van der Waals surface area contributed by atoms with Crippen molar-refractivity contribution in [1.29, 1.82) is 0 Å². The van der Waals surface area contributed by atoms with Crippen molar-refractivity contribution in [2.45, 2.75) is 25.9 Å². The average molecular weight is 244 g/mol. The molecule has 18 heavy (non-hydrogen) atoms. The van der Waals surface area contributed by atoms with E-state index in [0.29, 0.717) is 0 Å². The van der Waals surface area contributed by atoms with Crippen LogP contribution in [-0.2, 0) is 6.54 Å². The third kappa shape index (κ3) is 2.93. The van der Waals surface area contributed by atoms with Crippen molar-refractivity contribution >= 4 is 5.69 Å². The summed E-state index contributed by atoms with van der Waals surface area (Å²) in [5.74, 6) is 0. The van der Waals surface area contributed by atoms with E-state index in [4.69, 9.17) is 10.2 Å². The Morgan fingerprint density at radius 2 is 1.94 bits per heavy atom. The van der Waals surface area contributed by atoms with Gasteiger partial charge >= 0.3 is 0 Å². The minimum absolute atomic E-state index is 0.137. The van der Waals surface area contributed by atoms with Gasteiger partial charge in [-0.2, -0.15) is 0 Å². The smallest absolute Gasteiger partial charge is 0.0952 e. The minimum atomic E-state index is 0.137. The Morgan fingerprint density at radius 1 is 1.22 bits per heavy atom. The lowest BCUT2D eigenvalue weighted by atomic mass is 10.1. The van der Waals surface area contributed by atoms with Crippen LogP contribution in [0.4, 0.5) is 5.69 Å². The van der Waals surface area contributed by atoms with Crippen molar-refractivity contribution in [3.63, 3.8) is 0 Å². The summed E-state index contributed by atoms with van der Waals surface area (Å²) >= 11 is 0. The highest BCUT2D eigenvalue weighted by atomic mass is 16.3. The van der Waals surface area contributed by atoms with E-state index in [9.17, 15) is 0 Å². The first kappa shape index (κ1) is 12.7. The molecule has 3 heteroatoms. The van der Waals surface area contributed by atoms with E-state index in [2.05, 4.69) is 43.1 Å². The van der Waals surface area contributed by atoms with Crippen LogP contribution in [-0.4, -0.2) is 7.05 Å². The van der Waals surface area contributed by atoms with Gasteiger partial charge in [0.2, 0.25) is 0 Å². The summed E-state index contributed by atoms with van der Waals surface area (Å²) in [6.07, 6.45) is 4.44. The first-order valence-corrected chi connectivity index (χ1v) is 6.28. The summed E-state index contributed by atoms with van der Waals surface area (Å²) in [5.41, 5.74) is 9.55. The van der Waals surface area contributed by atoms with Crippen molar-refractivity contribution in [3.8, 4) is 0 Å². The summed E-state index contributed by atoms with van der Waals surface area (Å²) in [4.78, 5) is 2.19. The Kier molecular flexibility index (Phi) is 4.05. The van der Waals surface area contributed by atoms with E-state index in [1.165, 1.54) is 16.8 Å². The molecule has 0 spiro atoms. The molecule has 0 unspecified atom stereocenters. The van der Waals surface area contributed by atoms with E-state index < -0.39 is 0 Å². The maximum atomic E-state index is 6.00. The monoisotopic (exact) mass is 244 g/mol. The van der Waals surface area contributed by atoms with Crippen molar-refractivity contribution in [2.75, 3.05) is 11.9 Å². The summed E-state index contributed by atoms with van der Waals surface area (Å²) in [7, 11) is 2.07. The van der Waals surface area contributed by atoms with Gasteiger partial charge in [0.25, 0.3) is 0 Å². The highest BCUT2D eigenvalue weighted by Gasteiger charge is 2.06. The first-order valence-electron chi connectivity index (χ1n) is 6.28. The van der Waals surface area contributed by atoms with Gasteiger partial charge in [-0.15, -0.1) is 0 Å². The largest absolute Gasteiger partial charge is 0.472 e. The zero-order valence-corrected chi connectivity index (χ0v) is 11.0. The predicted molar refractivity (Wildman–Crippen MR) is 74.5 cm³/mol. The normalized spacial score (nSPS) is 12.4. The van der Waals surface area contributed by atoms with Crippen LogP contribution in [0.2, 0.25) is 0 Å². The third-order valence-corrected chi connectivity index (χ3v) is 3.20. The molecule has 0 saturated heterocycles. The lowest BCUT2D eigenvalue weighted by molar-refractivity contribution is 0.563. The number of nitrogens with two attached hydrogens (primary N) is 1. The number of furan rings is 1. The minimum Gasteiger partial charge on any atom is -0.472 e. The van der Waals surface area contributed by atoms with Gasteiger partial charge in [-0.1, -0.05) is 19.1 Å². The second kappa shape index (κ2) is 5.74. The van der Waals surface area contributed by atoms with Gasteiger partial charge in [-0.05, 0) is 30.2 Å². The highest BCUT2D eigenvalue weighted by Crippen LogP contribution is 2.20. The van der Waals surface area contributed by atoms with E-state index in [1.54, 1.807) is 12.5 Å². The summed E-state index contributed by atoms with van der Waals surface area (Å²) in [6.45, 7) is 2.94. The zero-order valence-electron chi connectivity index (χ0n) is 11.0. The molecule has 0 aliphatic carbocycles. The molecule has 3 nitrogen and oxygen atoms in total. The molecule has 0 amide bonds. The number of rotatable bonds is 5. The Hall–Kier alpha value is -1.74. The first-order chi connectivity index (χ1) is 8.70. The van der Waals surface area contributed by atoms with Crippen LogP contribution in [0, 0.1) is 0 Å². The molecule has 1 heterocycles. The van der Waals surface area contributed by atoms with Crippen molar-refractivity contribution in [1.82, 2.24) is 0 Å². The molecular weight excluding hydrogens is 224 g/mol. The predicted octanol–water partition coefficient (Wildman–Crippen LogP) is 3.33. The average Bonchev–Trinajstić information content (AvgIpc) is 2.91. The van der Waals surface area contributed by atoms with Crippen molar-refractivity contribution < 1.29 is 4.42 Å².